The van der Waals surface area contributed by atoms with Gasteiger partial charge < -0.3 is 15.7 Å². The van der Waals surface area contributed by atoms with Crippen LogP contribution < -0.4 is 10.6 Å². The van der Waals surface area contributed by atoms with Crippen molar-refractivity contribution in [3.63, 3.8) is 0 Å². The molecule has 0 radical (unpaired) electrons. The number of unbranched alkanes of at least 4 members (excludes halogenated alkanes) is 1. The number of nitrogens with one attached hydrogen (secondary N) is 2. The zero-order valence-corrected chi connectivity index (χ0v) is 10.9. The molecule has 1 fully saturated rings. The average Bonchev–Trinajstić information content (AvgIpc) is 2.32. The highest BCUT2D eigenvalue weighted by Gasteiger charge is 2.22. The van der Waals surface area contributed by atoms with Crippen molar-refractivity contribution in [3.8, 4) is 0 Å². The Morgan fingerprint density at radius 3 is 2.82 bits per heavy atom. The van der Waals surface area contributed by atoms with Crippen LogP contribution in [0.4, 0.5) is 0 Å². The quantitative estimate of drug-likeness (QED) is 0.585. The molecule has 4 heteroatoms. The number of carbonyl (C=O) groups excluding carboxylic acids is 1. The fourth-order valence-corrected chi connectivity index (χ4v) is 2.26. The number of hydrogen-bond acceptors (Lipinski definition) is 3. The van der Waals surface area contributed by atoms with Crippen molar-refractivity contribution in [2.24, 2.45) is 5.92 Å². The number of aliphatic hydroxyl groups is 1. The van der Waals surface area contributed by atoms with Gasteiger partial charge in [-0.1, -0.05) is 26.2 Å². The zero-order chi connectivity index (χ0) is 12.5. The summed E-state index contributed by atoms with van der Waals surface area (Å²) in [4.78, 5) is 11.4. The molecule has 0 saturated heterocycles. The second kappa shape index (κ2) is 8.48. The van der Waals surface area contributed by atoms with Crippen LogP contribution in [0.25, 0.3) is 0 Å². The van der Waals surface area contributed by atoms with Gasteiger partial charge in [0, 0.05) is 13.1 Å². The molecule has 2 unspecified atom stereocenters. The first-order valence-corrected chi connectivity index (χ1v) is 6.89. The number of hydrogen-bond donors (Lipinski definition) is 3. The summed E-state index contributed by atoms with van der Waals surface area (Å²) in [5.74, 6) is 0.385. The smallest absolute Gasteiger partial charge is 0.233 e. The first-order valence-electron chi connectivity index (χ1n) is 6.89. The Labute approximate surface area is 104 Å². The van der Waals surface area contributed by atoms with Crippen LogP contribution in [0.3, 0.4) is 0 Å². The predicted molar refractivity (Wildman–Crippen MR) is 68.8 cm³/mol. The highest BCUT2D eigenvalue weighted by atomic mass is 16.3. The standard InChI is InChI=1S/C13H26N2O2/c1-2-3-8-15-13(17)10-14-9-11-6-4-5-7-12(11)16/h11-12,14,16H,2-10H2,1H3,(H,15,17). The molecule has 0 aromatic heterocycles. The summed E-state index contributed by atoms with van der Waals surface area (Å²) in [6, 6.07) is 0. The number of carbonyl (C=O) groups is 1. The lowest BCUT2D eigenvalue weighted by Crippen LogP contribution is -2.39. The molecule has 17 heavy (non-hydrogen) atoms. The molecule has 0 bridgehead atoms. The molecule has 2 atom stereocenters. The summed E-state index contributed by atoms with van der Waals surface area (Å²) in [5, 5.41) is 15.8. The Morgan fingerprint density at radius 2 is 2.12 bits per heavy atom. The van der Waals surface area contributed by atoms with Gasteiger partial charge in [-0.25, -0.2) is 0 Å². The molecule has 0 aromatic carbocycles. The van der Waals surface area contributed by atoms with Gasteiger partial charge in [0.15, 0.2) is 0 Å². The third kappa shape index (κ3) is 6.03. The van der Waals surface area contributed by atoms with E-state index in [1.165, 1.54) is 6.42 Å². The highest BCUT2D eigenvalue weighted by molar-refractivity contribution is 5.77. The monoisotopic (exact) mass is 242 g/mol. The summed E-state index contributed by atoms with van der Waals surface area (Å²) in [6.07, 6.45) is 6.27. The first-order chi connectivity index (χ1) is 8.24. The fraction of sp³-hybridized carbons (Fsp3) is 0.923. The van der Waals surface area contributed by atoms with Crippen molar-refractivity contribution in [3.05, 3.63) is 0 Å². The molecule has 1 aliphatic rings. The summed E-state index contributed by atoms with van der Waals surface area (Å²) < 4.78 is 0. The Hall–Kier alpha value is -0.610. The van der Waals surface area contributed by atoms with E-state index in [2.05, 4.69) is 17.6 Å². The second-order valence-electron chi connectivity index (χ2n) is 4.95. The summed E-state index contributed by atoms with van der Waals surface area (Å²) >= 11 is 0. The maximum absolute atomic E-state index is 11.4. The molecule has 1 aliphatic carbocycles. The van der Waals surface area contributed by atoms with Crippen LogP contribution >= 0.6 is 0 Å². The van der Waals surface area contributed by atoms with E-state index < -0.39 is 0 Å². The van der Waals surface area contributed by atoms with Gasteiger partial charge in [-0.3, -0.25) is 4.79 Å². The summed E-state index contributed by atoms with van der Waals surface area (Å²) in [7, 11) is 0. The molecular formula is C13H26N2O2. The Kier molecular flexibility index (Phi) is 7.21. The van der Waals surface area contributed by atoms with Gasteiger partial charge in [0.05, 0.1) is 12.6 Å². The number of rotatable bonds is 7. The van der Waals surface area contributed by atoms with Gasteiger partial charge in [-0.05, 0) is 25.2 Å². The predicted octanol–water partition coefficient (Wildman–Crippen LogP) is 1.04. The van der Waals surface area contributed by atoms with Crippen molar-refractivity contribution in [1.82, 2.24) is 10.6 Å². The lowest BCUT2D eigenvalue weighted by Gasteiger charge is -2.27. The van der Waals surface area contributed by atoms with Crippen molar-refractivity contribution in [2.45, 2.75) is 51.6 Å². The van der Waals surface area contributed by atoms with Crippen LogP contribution in [0, 0.1) is 5.92 Å². The third-order valence-electron chi connectivity index (χ3n) is 3.41. The first kappa shape index (κ1) is 14.5. The minimum atomic E-state index is -0.181. The SMILES string of the molecule is CCCCNC(=O)CNCC1CCCCC1O. The Morgan fingerprint density at radius 1 is 1.35 bits per heavy atom. The molecule has 0 heterocycles. The molecule has 0 aromatic rings. The van der Waals surface area contributed by atoms with Gasteiger partial charge in [-0.2, -0.15) is 0 Å². The molecule has 4 nitrogen and oxygen atoms in total. The zero-order valence-electron chi connectivity index (χ0n) is 10.9. The van der Waals surface area contributed by atoms with Crippen LogP contribution in [0.1, 0.15) is 45.4 Å². The molecule has 0 aliphatic heterocycles. The maximum Gasteiger partial charge on any atom is 0.233 e. The van der Waals surface area contributed by atoms with Gasteiger partial charge >= 0.3 is 0 Å². The number of aliphatic hydroxyl groups excluding tert-OH is 1. The van der Waals surface area contributed by atoms with Crippen molar-refractivity contribution in [1.29, 1.82) is 0 Å². The van der Waals surface area contributed by atoms with Gasteiger partial charge in [-0.15, -0.1) is 0 Å². The van der Waals surface area contributed by atoms with Crippen LogP contribution in [-0.2, 0) is 4.79 Å². The van der Waals surface area contributed by atoms with E-state index in [0.717, 1.165) is 45.2 Å². The molecule has 1 amide bonds. The lowest BCUT2D eigenvalue weighted by atomic mass is 9.86. The van der Waals surface area contributed by atoms with Crippen LogP contribution in [0.15, 0.2) is 0 Å². The van der Waals surface area contributed by atoms with E-state index in [-0.39, 0.29) is 12.0 Å². The Bertz CT molecular complexity index is 221. The fourth-order valence-electron chi connectivity index (χ4n) is 2.26. The minimum Gasteiger partial charge on any atom is -0.393 e. The summed E-state index contributed by atoms with van der Waals surface area (Å²) in [6.45, 7) is 3.99. The third-order valence-corrected chi connectivity index (χ3v) is 3.41. The van der Waals surface area contributed by atoms with Crippen molar-refractivity contribution < 1.29 is 9.90 Å². The molecule has 100 valence electrons. The second-order valence-corrected chi connectivity index (χ2v) is 4.95. The van der Waals surface area contributed by atoms with Crippen LogP contribution in [-0.4, -0.2) is 36.8 Å². The summed E-state index contributed by atoms with van der Waals surface area (Å²) in [5.41, 5.74) is 0. The topological polar surface area (TPSA) is 61.4 Å². The lowest BCUT2D eigenvalue weighted by molar-refractivity contribution is -0.120. The molecule has 0 spiro atoms. The normalized spacial score (nSPS) is 24.6. The van der Waals surface area contributed by atoms with E-state index in [1.807, 2.05) is 0 Å². The molecule has 1 rings (SSSR count). The molecular weight excluding hydrogens is 216 g/mol. The van der Waals surface area contributed by atoms with Crippen molar-refractivity contribution in [2.75, 3.05) is 19.6 Å². The van der Waals surface area contributed by atoms with E-state index in [0.29, 0.717) is 12.5 Å². The number of amides is 1. The molecule has 1 saturated carbocycles. The average molecular weight is 242 g/mol. The highest BCUT2D eigenvalue weighted by Crippen LogP contribution is 2.23. The molecule has 3 N–H and O–H groups in total. The van der Waals surface area contributed by atoms with Crippen LogP contribution in [0.2, 0.25) is 0 Å². The van der Waals surface area contributed by atoms with E-state index >= 15 is 0 Å². The van der Waals surface area contributed by atoms with E-state index in [1.54, 1.807) is 0 Å². The maximum atomic E-state index is 11.4. The largest absolute Gasteiger partial charge is 0.393 e. The van der Waals surface area contributed by atoms with Gasteiger partial charge in [0.1, 0.15) is 0 Å². The van der Waals surface area contributed by atoms with Crippen molar-refractivity contribution >= 4 is 5.91 Å². The van der Waals surface area contributed by atoms with Crippen LogP contribution in [0.5, 0.6) is 0 Å². The minimum absolute atomic E-state index is 0.0590. The van der Waals surface area contributed by atoms with Gasteiger partial charge in [0.25, 0.3) is 0 Å². The van der Waals surface area contributed by atoms with Gasteiger partial charge in [0.2, 0.25) is 5.91 Å². The Balaban J connectivity index is 2.04. The van der Waals surface area contributed by atoms with E-state index in [9.17, 15) is 9.90 Å². The van der Waals surface area contributed by atoms with E-state index in [4.69, 9.17) is 0 Å².